The number of rotatable bonds is 7. The predicted molar refractivity (Wildman–Crippen MR) is 72.1 cm³/mol. The first kappa shape index (κ1) is 15.4. The molecule has 0 bridgehead atoms. The molecule has 19 heavy (non-hydrogen) atoms. The van der Waals surface area contributed by atoms with E-state index in [-0.39, 0.29) is 13.0 Å². The van der Waals surface area contributed by atoms with Gasteiger partial charge in [0.05, 0.1) is 0 Å². The van der Waals surface area contributed by atoms with Crippen molar-refractivity contribution in [2.45, 2.75) is 19.1 Å². The second kappa shape index (κ2) is 8.42. The van der Waals surface area contributed by atoms with Crippen LogP contribution in [0, 0.1) is 0 Å². The number of aliphatic carboxylic acids is 1. The van der Waals surface area contributed by atoms with Crippen LogP contribution in [-0.2, 0) is 20.9 Å². The van der Waals surface area contributed by atoms with Crippen LogP contribution in [0.1, 0.15) is 12.0 Å². The van der Waals surface area contributed by atoms with Crippen LogP contribution in [-0.4, -0.2) is 35.3 Å². The molecule has 0 heterocycles. The van der Waals surface area contributed by atoms with E-state index in [4.69, 9.17) is 14.6 Å². The highest BCUT2D eigenvalue weighted by molar-refractivity contribution is 7.98. The summed E-state index contributed by atoms with van der Waals surface area (Å²) in [4.78, 5) is 22.3. The molecule has 0 aliphatic heterocycles. The molecule has 1 rings (SSSR count). The van der Waals surface area contributed by atoms with Crippen LogP contribution in [0.15, 0.2) is 30.3 Å². The van der Waals surface area contributed by atoms with Gasteiger partial charge in [-0.15, -0.1) is 0 Å². The first-order valence-electron chi connectivity index (χ1n) is 5.72. The molecule has 1 unspecified atom stereocenters. The maximum atomic E-state index is 11.4. The standard InChI is InChI=1S/C13H16O5S/c1-19-8-7-11(12(14)15)18-13(16)17-9-10-5-3-2-4-6-10/h2-6,11H,7-9H2,1H3,(H,14,15). The van der Waals surface area contributed by atoms with Crippen molar-refractivity contribution < 1.29 is 24.2 Å². The number of carbonyl (C=O) groups excluding carboxylic acids is 1. The molecule has 1 aromatic rings. The van der Waals surface area contributed by atoms with E-state index in [1.54, 1.807) is 12.1 Å². The first-order valence-corrected chi connectivity index (χ1v) is 7.12. The molecule has 1 aromatic carbocycles. The van der Waals surface area contributed by atoms with Gasteiger partial charge < -0.3 is 14.6 Å². The van der Waals surface area contributed by atoms with Crippen LogP contribution in [0.4, 0.5) is 4.79 Å². The summed E-state index contributed by atoms with van der Waals surface area (Å²) in [7, 11) is 0. The molecule has 104 valence electrons. The number of hydrogen-bond donors (Lipinski definition) is 1. The number of ether oxygens (including phenoxy) is 2. The van der Waals surface area contributed by atoms with E-state index in [2.05, 4.69) is 0 Å². The van der Waals surface area contributed by atoms with Gasteiger partial charge in [0.25, 0.3) is 0 Å². The zero-order valence-corrected chi connectivity index (χ0v) is 11.4. The van der Waals surface area contributed by atoms with Crippen LogP contribution >= 0.6 is 11.8 Å². The van der Waals surface area contributed by atoms with Crippen molar-refractivity contribution >= 4 is 23.9 Å². The van der Waals surface area contributed by atoms with E-state index in [0.29, 0.717) is 5.75 Å². The van der Waals surface area contributed by atoms with Gasteiger partial charge in [-0.25, -0.2) is 9.59 Å². The Bertz CT molecular complexity index is 407. The van der Waals surface area contributed by atoms with Crippen molar-refractivity contribution in [2.24, 2.45) is 0 Å². The highest BCUT2D eigenvalue weighted by Gasteiger charge is 2.22. The number of thioether (sulfide) groups is 1. The topological polar surface area (TPSA) is 72.8 Å². The molecule has 1 atom stereocenters. The summed E-state index contributed by atoms with van der Waals surface area (Å²) >= 11 is 1.49. The van der Waals surface area contributed by atoms with E-state index in [1.807, 2.05) is 24.5 Å². The first-order chi connectivity index (χ1) is 9.13. The Kier molecular flexibility index (Phi) is 6.81. The van der Waals surface area contributed by atoms with Crippen molar-refractivity contribution in [3.05, 3.63) is 35.9 Å². The van der Waals surface area contributed by atoms with Crippen molar-refractivity contribution in [3.63, 3.8) is 0 Å². The van der Waals surface area contributed by atoms with Crippen molar-refractivity contribution in [2.75, 3.05) is 12.0 Å². The van der Waals surface area contributed by atoms with Gasteiger partial charge in [-0.2, -0.15) is 11.8 Å². The lowest BCUT2D eigenvalue weighted by atomic mass is 10.2. The zero-order valence-electron chi connectivity index (χ0n) is 10.6. The normalized spacial score (nSPS) is 11.6. The summed E-state index contributed by atoms with van der Waals surface area (Å²) in [5.74, 6) is -0.561. The van der Waals surface area contributed by atoms with Gasteiger partial charge >= 0.3 is 12.1 Å². The molecule has 0 saturated heterocycles. The Labute approximate surface area is 115 Å². The van der Waals surface area contributed by atoms with E-state index >= 15 is 0 Å². The molecule has 0 aromatic heterocycles. The van der Waals surface area contributed by atoms with Gasteiger partial charge in [0, 0.05) is 6.42 Å². The van der Waals surface area contributed by atoms with Crippen LogP contribution in [0.25, 0.3) is 0 Å². The highest BCUT2D eigenvalue weighted by atomic mass is 32.2. The van der Waals surface area contributed by atoms with E-state index in [0.717, 1.165) is 5.56 Å². The molecule has 0 aliphatic carbocycles. The number of carboxylic acids is 1. The second-order valence-corrected chi connectivity index (χ2v) is 4.74. The molecule has 5 nitrogen and oxygen atoms in total. The maximum absolute atomic E-state index is 11.4. The summed E-state index contributed by atoms with van der Waals surface area (Å²) in [5.41, 5.74) is 0.815. The number of hydrogen-bond acceptors (Lipinski definition) is 5. The fraction of sp³-hybridized carbons (Fsp3) is 0.385. The largest absolute Gasteiger partial charge is 0.509 e. The van der Waals surface area contributed by atoms with Gasteiger partial charge in [-0.05, 0) is 17.6 Å². The summed E-state index contributed by atoms with van der Waals surface area (Å²) in [6.45, 7) is 0.0640. The molecule has 0 spiro atoms. The fourth-order valence-corrected chi connectivity index (χ4v) is 1.77. The van der Waals surface area contributed by atoms with Gasteiger partial charge in [0.1, 0.15) is 6.61 Å². The molecular formula is C13H16O5S. The third kappa shape index (κ3) is 6.15. The van der Waals surface area contributed by atoms with Gasteiger partial charge in [0.2, 0.25) is 6.10 Å². The summed E-state index contributed by atoms with van der Waals surface area (Å²) < 4.78 is 9.62. The number of benzene rings is 1. The number of carbonyl (C=O) groups is 2. The lowest BCUT2D eigenvalue weighted by molar-refractivity contribution is -0.148. The molecule has 0 radical (unpaired) electrons. The van der Waals surface area contributed by atoms with Crippen LogP contribution in [0.3, 0.4) is 0 Å². The lowest BCUT2D eigenvalue weighted by Crippen LogP contribution is -2.28. The Morgan fingerprint density at radius 3 is 2.58 bits per heavy atom. The van der Waals surface area contributed by atoms with Gasteiger partial charge in [-0.3, -0.25) is 0 Å². The SMILES string of the molecule is CSCCC(OC(=O)OCc1ccccc1)C(=O)O. The van der Waals surface area contributed by atoms with Gasteiger partial charge in [-0.1, -0.05) is 30.3 Å². The summed E-state index contributed by atoms with van der Waals surface area (Å²) in [6, 6.07) is 9.10. The van der Waals surface area contributed by atoms with Crippen LogP contribution in [0.2, 0.25) is 0 Å². The Morgan fingerprint density at radius 2 is 2.00 bits per heavy atom. The van der Waals surface area contributed by atoms with E-state index in [1.165, 1.54) is 11.8 Å². The molecule has 0 aliphatic rings. The molecular weight excluding hydrogens is 268 g/mol. The minimum Gasteiger partial charge on any atom is -0.479 e. The molecule has 1 N–H and O–H groups in total. The lowest BCUT2D eigenvalue weighted by Gasteiger charge is -2.13. The van der Waals surface area contributed by atoms with Crippen LogP contribution < -0.4 is 0 Å². The average Bonchev–Trinajstić information content (AvgIpc) is 2.42. The predicted octanol–water partition coefficient (Wildman–Crippen LogP) is 2.55. The summed E-state index contributed by atoms with van der Waals surface area (Å²) in [5, 5.41) is 8.89. The minimum absolute atomic E-state index is 0.0640. The van der Waals surface area contributed by atoms with Gasteiger partial charge in [0.15, 0.2) is 0 Å². The molecule has 0 amide bonds. The molecule has 0 fully saturated rings. The van der Waals surface area contributed by atoms with E-state index in [9.17, 15) is 9.59 Å². The third-order valence-corrected chi connectivity index (χ3v) is 2.94. The van der Waals surface area contributed by atoms with Crippen LogP contribution in [0.5, 0.6) is 0 Å². The Balaban J connectivity index is 2.38. The average molecular weight is 284 g/mol. The monoisotopic (exact) mass is 284 g/mol. The summed E-state index contributed by atoms with van der Waals surface area (Å²) in [6.07, 6.45) is -0.00286. The third-order valence-electron chi connectivity index (χ3n) is 2.30. The minimum atomic E-state index is -1.16. The van der Waals surface area contributed by atoms with Crippen molar-refractivity contribution in [1.29, 1.82) is 0 Å². The maximum Gasteiger partial charge on any atom is 0.509 e. The Hall–Kier alpha value is -1.69. The Morgan fingerprint density at radius 1 is 1.32 bits per heavy atom. The van der Waals surface area contributed by atoms with Crippen molar-refractivity contribution in [1.82, 2.24) is 0 Å². The van der Waals surface area contributed by atoms with Crippen molar-refractivity contribution in [3.8, 4) is 0 Å². The smallest absolute Gasteiger partial charge is 0.479 e. The quantitative estimate of drug-likeness (QED) is 0.776. The van der Waals surface area contributed by atoms with E-state index < -0.39 is 18.2 Å². The number of carboxylic acid groups (broad SMARTS) is 1. The second-order valence-electron chi connectivity index (χ2n) is 3.75. The zero-order chi connectivity index (χ0) is 14.1. The highest BCUT2D eigenvalue weighted by Crippen LogP contribution is 2.08. The molecule has 6 heteroatoms. The molecule has 0 saturated carbocycles. The fourth-order valence-electron chi connectivity index (χ4n) is 1.32.